The summed E-state index contributed by atoms with van der Waals surface area (Å²) in [5.41, 5.74) is 0. The van der Waals surface area contributed by atoms with Crippen molar-refractivity contribution in [1.82, 2.24) is 15.1 Å². The molecule has 0 aromatic carbocycles. The van der Waals surface area contributed by atoms with Crippen LogP contribution in [0.2, 0.25) is 0 Å². The minimum absolute atomic E-state index is 0.000260. The first-order valence-corrected chi connectivity index (χ1v) is 6.53. The monoisotopic (exact) mass is 239 g/mol. The van der Waals surface area contributed by atoms with Crippen LogP contribution in [0.15, 0.2) is 0 Å². The van der Waals surface area contributed by atoms with Gasteiger partial charge in [0.2, 0.25) is 12.3 Å². The van der Waals surface area contributed by atoms with Gasteiger partial charge in [0.15, 0.2) is 0 Å². The molecular formula is C12H21N3O2. The molecule has 96 valence electrons. The van der Waals surface area contributed by atoms with Crippen LogP contribution < -0.4 is 5.32 Å². The normalized spacial score (nSPS) is 26.5. The molecule has 5 heteroatoms. The minimum atomic E-state index is 0.000260. The Morgan fingerprint density at radius 1 is 1.12 bits per heavy atom. The molecule has 0 saturated carbocycles. The van der Waals surface area contributed by atoms with E-state index in [0.717, 1.165) is 25.8 Å². The molecule has 2 saturated heterocycles. The van der Waals surface area contributed by atoms with Crippen molar-refractivity contribution in [3.8, 4) is 0 Å². The second-order valence-electron chi connectivity index (χ2n) is 4.82. The van der Waals surface area contributed by atoms with Gasteiger partial charge in [-0.1, -0.05) is 12.8 Å². The quantitative estimate of drug-likeness (QED) is 0.680. The van der Waals surface area contributed by atoms with Crippen molar-refractivity contribution >= 4 is 12.3 Å². The second kappa shape index (κ2) is 6.00. The average molecular weight is 239 g/mol. The van der Waals surface area contributed by atoms with Crippen LogP contribution in [0, 0.1) is 0 Å². The zero-order valence-electron chi connectivity index (χ0n) is 10.2. The number of nitrogens with zero attached hydrogens (tertiary/aromatic N) is 2. The lowest BCUT2D eigenvalue weighted by Crippen LogP contribution is -2.53. The van der Waals surface area contributed by atoms with Crippen molar-refractivity contribution in [3.05, 3.63) is 0 Å². The number of hydrogen-bond acceptors (Lipinski definition) is 3. The highest BCUT2D eigenvalue weighted by Crippen LogP contribution is 2.12. The Morgan fingerprint density at radius 2 is 1.88 bits per heavy atom. The topological polar surface area (TPSA) is 52.7 Å². The first-order chi connectivity index (χ1) is 8.31. The smallest absolute Gasteiger partial charge is 0.239 e. The van der Waals surface area contributed by atoms with Crippen LogP contribution >= 0.6 is 0 Å². The van der Waals surface area contributed by atoms with Gasteiger partial charge in [0.25, 0.3) is 0 Å². The third-order valence-corrected chi connectivity index (χ3v) is 3.63. The number of piperazine rings is 1. The molecule has 1 N–H and O–H groups in total. The van der Waals surface area contributed by atoms with E-state index in [2.05, 4.69) is 5.32 Å². The molecule has 0 aliphatic carbocycles. The Morgan fingerprint density at radius 3 is 2.59 bits per heavy atom. The highest BCUT2D eigenvalue weighted by atomic mass is 16.2. The SMILES string of the molecule is O=CN1CCN(C(=O)[C@H]2CCCCCN2)CC1. The van der Waals surface area contributed by atoms with E-state index in [1.807, 2.05) is 4.90 Å². The fourth-order valence-corrected chi connectivity index (χ4v) is 2.51. The summed E-state index contributed by atoms with van der Waals surface area (Å²) >= 11 is 0. The van der Waals surface area contributed by atoms with Crippen molar-refractivity contribution in [2.45, 2.75) is 31.7 Å². The van der Waals surface area contributed by atoms with Crippen LogP contribution in [0.1, 0.15) is 25.7 Å². The lowest BCUT2D eigenvalue weighted by molar-refractivity contribution is -0.137. The fourth-order valence-electron chi connectivity index (χ4n) is 2.51. The van der Waals surface area contributed by atoms with Crippen molar-refractivity contribution in [2.24, 2.45) is 0 Å². The molecule has 0 aromatic heterocycles. The van der Waals surface area contributed by atoms with Gasteiger partial charge >= 0.3 is 0 Å². The Kier molecular flexibility index (Phi) is 4.36. The molecule has 2 amide bonds. The van der Waals surface area contributed by atoms with Gasteiger partial charge in [-0.05, 0) is 19.4 Å². The summed E-state index contributed by atoms with van der Waals surface area (Å²) in [6.07, 6.45) is 5.34. The molecule has 17 heavy (non-hydrogen) atoms. The van der Waals surface area contributed by atoms with Gasteiger partial charge in [-0.15, -0.1) is 0 Å². The van der Waals surface area contributed by atoms with Crippen molar-refractivity contribution in [1.29, 1.82) is 0 Å². The number of nitrogens with one attached hydrogen (secondary N) is 1. The number of hydrogen-bond donors (Lipinski definition) is 1. The summed E-state index contributed by atoms with van der Waals surface area (Å²) < 4.78 is 0. The Hall–Kier alpha value is -1.10. The van der Waals surface area contributed by atoms with Crippen LogP contribution in [-0.4, -0.2) is 60.9 Å². The van der Waals surface area contributed by atoms with E-state index in [1.165, 1.54) is 12.8 Å². The zero-order valence-corrected chi connectivity index (χ0v) is 10.2. The maximum Gasteiger partial charge on any atom is 0.239 e. The number of carbonyl (C=O) groups excluding carboxylic acids is 2. The molecule has 2 aliphatic heterocycles. The third-order valence-electron chi connectivity index (χ3n) is 3.63. The summed E-state index contributed by atoms with van der Waals surface area (Å²) in [6, 6.07) is 0.000260. The van der Waals surface area contributed by atoms with Gasteiger partial charge in [-0.2, -0.15) is 0 Å². The summed E-state index contributed by atoms with van der Waals surface area (Å²) in [4.78, 5) is 26.5. The molecule has 2 fully saturated rings. The van der Waals surface area contributed by atoms with Crippen molar-refractivity contribution < 1.29 is 9.59 Å². The lowest BCUT2D eigenvalue weighted by atomic mass is 10.1. The van der Waals surface area contributed by atoms with Crippen LogP contribution in [0.4, 0.5) is 0 Å². The predicted octanol–water partition coefficient (Wildman–Crippen LogP) is -0.181. The second-order valence-corrected chi connectivity index (χ2v) is 4.82. The largest absolute Gasteiger partial charge is 0.342 e. The van der Waals surface area contributed by atoms with Crippen LogP contribution in [0.3, 0.4) is 0 Å². The van der Waals surface area contributed by atoms with Gasteiger partial charge in [-0.3, -0.25) is 9.59 Å². The van der Waals surface area contributed by atoms with Gasteiger partial charge in [0.05, 0.1) is 6.04 Å². The molecule has 0 unspecified atom stereocenters. The van der Waals surface area contributed by atoms with Gasteiger partial charge in [-0.25, -0.2) is 0 Å². The third kappa shape index (κ3) is 3.19. The van der Waals surface area contributed by atoms with E-state index in [9.17, 15) is 9.59 Å². The van der Waals surface area contributed by atoms with Crippen LogP contribution in [-0.2, 0) is 9.59 Å². The van der Waals surface area contributed by atoms with E-state index in [0.29, 0.717) is 26.2 Å². The summed E-state index contributed by atoms with van der Waals surface area (Å²) in [6.45, 7) is 3.64. The maximum atomic E-state index is 12.3. The summed E-state index contributed by atoms with van der Waals surface area (Å²) in [7, 11) is 0. The number of rotatable bonds is 2. The molecule has 0 spiro atoms. The summed E-state index contributed by atoms with van der Waals surface area (Å²) in [5, 5.41) is 3.33. The molecule has 1 atom stereocenters. The van der Waals surface area contributed by atoms with E-state index in [-0.39, 0.29) is 11.9 Å². The van der Waals surface area contributed by atoms with Crippen molar-refractivity contribution in [3.63, 3.8) is 0 Å². The molecule has 0 radical (unpaired) electrons. The van der Waals surface area contributed by atoms with Crippen LogP contribution in [0.5, 0.6) is 0 Å². The molecule has 0 aromatic rings. The molecule has 0 bridgehead atoms. The molecule has 2 aliphatic rings. The molecule has 2 heterocycles. The first kappa shape index (κ1) is 12.4. The standard InChI is InChI=1S/C12H21N3O2/c16-10-14-6-8-15(9-7-14)12(17)11-4-2-1-3-5-13-11/h10-11,13H,1-9H2/t11-/m1/s1. The van der Waals surface area contributed by atoms with Gasteiger partial charge < -0.3 is 15.1 Å². The van der Waals surface area contributed by atoms with E-state index >= 15 is 0 Å². The highest BCUT2D eigenvalue weighted by Gasteiger charge is 2.27. The van der Waals surface area contributed by atoms with Gasteiger partial charge in [0.1, 0.15) is 0 Å². The molecule has 5 nitrogen and oxygen atoms in total. The molecule has 2 rings (SSSR count). The number of amides is 2. The Bertz CT molecular complexity index is 267. The Balaban J connectivity index is 1.84. The number of carbonyl (C=O) groups is 2. The zero-order chi connectivity index (χ0) is 12.1. The van der Waals surface area contributed by atoms with Crippen LogP contribution in [0.25, 0.3) is 0 Å². The van der Waals surface area contributed by atoms with Gasteiger partial charge in [0, 0.05) is 26.2 Å². The van der Waals surface area contributed by atoms with E-state index in [1.54, 1.807) is 4.90 Å². The van der Waals surface area contributed by atoms with Crippen molar-refractivity contribution in [2.75, 3.05) is 32.7 Å². The predicted molar refractivity (Wildman–Crippen MR) is 64.5 cm³/mol. The first-order valence-electron chi connectivity index (χ1n) is 6.53. The average Bonchev–Trinajstić information content (AvgIpc) is 2.67. The van der Waals surface area contributed by atoms with E-state index < -0.39 is 0 Å². The maximum absolute atomic E-state index is 12.3. The Labute approximate surface area is 102 Å². The molecular weight excluding hydrogens is 218 g/mol. The fraction of sp³-hybridized carbons (Fsp3) is 0.833. The highest BCUT2D eigenvalue weighted by molar-refractivity contribution is 5.82. The lowest BCUT2D eigenvalue weighted by Gasteiger charge is -2.34. The summed E-state index contributed by atoms with van der Waals surface area (Å²) in [5.74, 6) is 0.220. The minimum Gasteiger partial charge on any atom is -0.342 e. The van der Waals surface area contributed by atoms with E-state index in [4.69, 9.17) is 0 Å².